The number of benzene rings is 2. The summed E-state index contributed by atoms with van der Waals surface area (Å²) in [6.07, 6.45) is 0.609. The van der Waals surface area contributed by atoms with Crippen molar-refractivity contribution in [1.82, 2.24) is 5.32 Å². The van der Waals surface area contributed by atoms with E-state index in [0.717, 1.165) is 17.5 Å². The summed E-state index contributed by atoms with van der Waals surface area (Å²) in [5.41, 5.74) is 3.73. The Morgan fingerprint density at radius 3 is 2.50 bits per heavy atom. The number of hydrogen-bond donors (Lipinski definition) is 1. The second-order valence-corrected chi connectivity index (χ2v) is 7.08. The van der Waals surface area contributed by atoms with Gasteiger partial charge in [0, 0.05) is 6.42 Å². The van der Waals surface area contributed by atoms with Crippen molar-refractivity contribution in [2.45, 2.75) is 45.8 Å². The molecule has 2 aromatic rings. The van der Waals surface area contributed by atoms with Gasteiger partial charge in [0.25, 0.3) is 5.91 Å². The topological polar surface area (TPSA) is 55.4 Å². The number of nitrogens with one attached hydrogen (secondary N) is 1. The Bertz CT molecular complexity index is 795. The number of ether oxygens (including phenoxy) is 1. The molecule has 0 aliphatic carbocycles. The smallest absolute Gasteiger partial charge is 0.339 e. The zero-order valence-electron chi connectivity index (χ0n) is 15.5. The Hall–Kier alpha value is -2.62. The predicted octanol–water partition coefficient (Wildman–Crippen LogP) is 3.84. The summed E-state index contributed by atoms with van der Waals surface area (Å²) in [6, 6.07) is 15.5. The van der Waals surface area contributed by atoms with Gasteiger partial charge in [-0.3, -0.25) is 4.79 Å². The number of hydrogen-bond acceptors (Lipinski definition) is 3. The van der Waals surface area contributed by atoms with Crippen LogP contribution < -0.4 is 5.32 Å². The quantitative estimate of drug-likeness (QED) is 0.833. The van der Waals surface area contributed by atoms with Crippen LogP contribution in [0, 0.1) is 5.92 Å². The SMILES string of the molecule is CCc1ccc([C@H](NC(=O)[C@@H]2Cc3ccccc3C(=O)O2)C(C)C)cc1. The molecule has 1 aliphatic rings. The van der Waals surface area contributed by atoms with Crippen LogP contribution in [0.15, 0.2) is 48.5 Å². The summed E-state index contributed by atoms with van der Waals surface area (Å²) in [6.45, 7) is 6.26. The molecule has 4 nitrogen and oxygen atoms in total. The highest BCUT2D eigenvalue weighted by Crippen LogP contribution is 2.25. The number of esters is 1. The Balaban J connectivity index is 1.75. The van der Waals surface area contributed by atoms with Crippen molar-refractivity contribution >= 4 is 11.9 Å². The number of fused-ring (bicyclic) bond motifs is 1. The van der Waals surface area contributed by atoms with Crippen LogP contribution in [-0.2, 0) is 22.4 Å². The molecule has 4 heteroatoms. The van der Waals surface area contributed by atoms with E-state index in [-0.39, 0.29) is 17.9 Å². The molecular weight excluding hydrogens is 326 g/mol. The van der Waals surface area contributed by atoms with E-state index in [1.54, 1.807) is 12.1 Å². The average Bonchev–Trinajstić information content (AvgIpc) is 2.65. The van der Waals surface area contributed by atoms with Crippen LogP contribution in [0.3, 0.4) is 0 Å². The van der Waals surface area contributed by atoms with E-state index in [0.29, 0.717) is 12.0 Å². The van der Waals surface area contributed by atoms with Crippen LogP contribution in [0.25, 0.3) is 0 Å². The minimum Gasteiger partial charge on any atom is -0.448 e. The molecule has 0 aromatic heterocycles. The second kappa shape index (κ2) is 7.73. The summed E-state index contributed by atoms with van der Waals surface area (Å²) in [5, 5.41) is 3.08. The molecule has 0 saturated heterocycles. The summed E-state index contributed by atoms with van der Waals surface area (Å²) >= 11 is 0. The lowest BCUT2D eigenvalue weighted by molar-refractivity contribution is -0.131. The maximum absolute atomic E-state index is 12.8. The number of aryl methyl sites for hydroxylation is 1. The zero-order chi connectivity index (χ0) is 18.7. The van der Waals surface area contributed by atoms with E-state index in [1.807, 2.05) is 12.1 Å². The number of rotatable bonds is 5. The summed E-state index contributed by atoms with van der Waals surface area (Å²) in [4.78, 5) is 24.9. The largest absolute Gasteiger partial charge is 0.448 e. The first-order chi connectivity index (χ1) is 12.5. The van der Waals surface area contributed by atoms with E-state index < -0.39 is 12.1 Å². The van der Waals surface area contributed by atoms with Gasteiger partial charge in [0.2, 0.25) is 0 Å². The first-order valence-corrected chi connectivity index (χ1v) is 9.17. The van der Waals surface area contributed by atoms with Crippen molar-refractivity contribution in [3.05, 3.63) is 70.8 Å². The van der Waals surface area contributed by atoms with E-state index in [1.165, 1.54) is 5.56 Å². The summed E-state index contributed by atoms with van der Waals surface area (Å²) < 4.78 is 5.38. The van der Waals surface area contributed by atoms with Gasteiger partial charge in [0.1, 0.15) is 0 Å². The fourth-order valence-corrected chi connectivity index (χ4v) is 3.32. The van der Waals surface area contributed by atoms with Crippen molar-refractivity contribution in [1.29, 1.82) is 0 Å². The van der Waals surface area contributed by atoms with Gasteiger partial charge in [-0.2, -0.15) is 0 Å². The van der Waals surface area contributed by atoms with Crippen molar-refractivity contribution < 1.29 is 14.3 Å². The first-order valence-electron chi connectivity index (χ1n) is 9.17. The zero-order valence-corrected chi connectivity index (χ0v) is 15.5. The highest BCUT2D eigenvalue weighted by Gasteiger charge is 2.32. The summed E-state index contributed by atoms with van der Waals surface area (Å²) in [7, 11) is 0. The van der Waals surface area contributed by atoms with Gasteiger partial charge in [0.15, 0.2) is 6.10 Å². The fourth-order valence-electron chi connectivity index (χ4n) is 3.32. The number of carbonyl (C=O) groups is 2. The Morgan fingerprint density at radius 1 is 1.15 bits per heavy atom. The second-order valence-electron chi connectivity index (χ2n) is 7.08. The Morgan fingerprint density at radius 2 is 1.85 bits per heavy atom. The van der Waals surface area contributed by atoms with Gasteiger partial charge in [-0.15, -0.1) is 0 Å². The third-order valence-corrected chi connectivity index (χ3v) is 4.90. The lowest BCUT2D eigenvalue weighted by Crippen LogP contribution is -2.44. The van der Waals surface area contributed by atoms with Crippen LogP contribution >= 0.6 is 0 Å². The lowest BCUT2D eigenvalue weighted by Gasteiger charge is -2.28. The Kier molecular flexibility index (Phi) is 5.40. The first kappa shape index (κ1) is 18.2. The van der Waals surface area contributed by atoms with E-state index in [2.05, 4.69) is 50.4 Å². The third kappa shape index (κ3) is 3.79. The highest BCUT2D eigenvalue weighted by molar-refractivity contribution is 5.95. The van der Waals surface area contributed by atoms with Crippen LogP contribution in [0.4, 0.5) is 0 Å². The molecule has 1 aliphatic heterocycles. The van der Waals surface area contributed by atoms with Gasteiger partial charge in [0.05, 0.1) is 11.6 Å². The van der Waals surface area contributed by atoms with Gasteiger partial charge in [-0.1, -0.05) is 63.2 Å². The predicted molar refractivity (Wildman–Crippen MR) is 101 cm³/mol. The molecule has 0 saturated carbocycles. The molecule has 0 spiro atoms. The molecule has 136 valence electrons. The molecule has 0 bridgehead atoms. The van der Waals surface area contributed by atoms with Crippen molar-refractivity contribution in [3.8, 4) is 0 Å². The van der Waals surface area contributed by atoms with E-state index >= 15 is 0 Å². The molecule has 0 fully saturated rings. The average molecular weight is 351 g/mol. The van der Waals surface area contributed by atoms with Crippen molar-refractivity contribution in [2.24, 2.45) is 5.92 Å². The minimum atomic E-state index is -0.784. The number of cyclic esters (lactones) is 1. The monoisotopic (exact) mass is 351 g/mol. The minimum absolute atomic E-state index is 0.121. The standard InChI is InChI=1S/C22H25NO3/c1-4-15-9-11-16(12-10-15)20(14(2)3)23-21(24)19-13-17-7-5-6-8-18(17)22(25)26-19/h5-12,14,19-20H,4,13H2,1-3H3,(H,23,24)/t19-,20+/m0/s1. The molecule has 2 aromatic carbocycles. The van der Waals surface area contributed by atoms with Gasteiger partial charge >= 0.3 is 5.97 Å². The Labute approximate surface area is 154 Å². The molecule has 1 amide bonds. The van der Waals surface area contributed by atoms with Crippen LogP contribution in [-0.4, -0.2) is 18.0 Å². The van der Waals surface area contributed by atoms with Gasteiger partial charge in [-0.25, -0.2) is 4.79 Å². The highest BCUT2D eigenvalue weighted by atomic mass is 16.5. The van der Waals surface area contributed by atoms with Gasteiger partial charge in [-0.05, 0) is 35.1 Å². The van der Waals surface area contributed by atoms with Crippen molar-refractivity contribution in [2.75, 3.05) is 0 Å². The molecule has 0 unspecified atom stereocenters. The molecule has 1 N–H and O–H groups in total. The molecule has 3 rings (SSSR count). The number of carbonyl (C=O) groups excluding carboxylic acids is 2. The molecule has 26 heavy (non-hydrogen) atoms. The van der Waals surface area contributed by atoms with Crippen LogP contribution in [0.5, 0.6) is 0 Å². The molecule has 2 atom stereocenters. The maximum Gasteiger partial charge on any atom is 0.339 e. The lowest BCUT2D eigenvalue weighted by atomic mass is 9.93. The van der Waals surface area contributed by atoms with E-state index in [9.17, 15) is 9.59 Å². The van der Waals surface area contributed by atoms with Crippen LogP contribution in [0.2, 0.25) is 0 Å². The molecule has 1 heterocycles. The normalized spacial score (nSPS) is 17.4. The fraction of sp³-hybridized carbons (Fsp3) is 0.364. The number of amides is 1. The molecule has 0 radical (unpaired) electrons. The van der Waals surface area contributed by atoms with E-state index in [4.69, 9.17) is 4.74 Å². The maximum atomic E-state index is 12.8. The molecular formula is C22H25NO3. The van der Waals surface area contributed by atoms with Crippen LogP contribution in [0.1, 0.15) is 53.9 Å². The van der Waals surface area contributed by atoms with Gasteiger partial charge < -0.3 is 10.1 Å². The summed E-state index contributed by atoms with van der Waals surface area (Å²) in [5.74, 6) is -0.454. The van der Waals surface area contributed by atoms with Crippen molar-refractivity contribution in [3.63, 3.8) is 0 Å². The third-order valence-electron chi connectivity index (χ3n) is 4.90.